The van der Waals surface area contributed by atoms with Crippen molar-refractivity contribution in [3.63, 3.8) is 0 Å². The molecule has 28 heavy (non-hydrogen) atoms. The quantitative estimate of drug-likeness (QED) is 0.524. The molecule has 2 aromatic rings. The van der Waals surface area contributed by atoms with Crippen molar-refractivity contribution >= 4 is 21.7 Å². The minimum atomic E-state index is -3.84. The third kappa shape index (κ3) is 3.80. The second-order valence-corrected chi connectivity index (χ2v) is 8.08. The smallest absolute Gasteiger partial charge is 0.341 e. The molecule has 2 aromatic carbocycles. The van der Waals surface area contributed by atoms with Crippen molar-refractivity contribution in [2.24, 2.45) is 0 Å². The van der Waals surface area contributed by atoms with Crippen molar-refractivity contribution in [3.8, 4) is 11.8 Å². The third-order valence-electron chi connectivity index (χ3n) is 4.49. The number of hydrogen-bond donors (Lipinski definition) is 0. The molecule has 1 aliphatic heterocycles. The van der Waals surface area contributed by atoms with Gasteiger partial charge in [0.25, 0.3) is 10.0 Å². The Balaban J connectivity index is 1.90. The average molecular weight is 400 g/mol. The largest absolute Gasteiger partial charge is 0.496 e. The summed E-state index contributed by atoms with van der Waals surface area (Å²) in [5.74, 6) is -0.459. The first kappa shape index (κ1) is 19.7. The molecular weight excluding hydrogens is 380 g/mol. The Morgan fingerprint density at radius 3 is 2.79 bits per heavy atom. The fourth-order valence-corrected chi connectivity index (χ4v) is 4.62. The molecule has 0 atom stereocenters. The summed E-state index contributed by atoms with van der Waals surface area (Å²) >= 11 is 0. The number of anilines is 1. The first-order valence-corrected chi connectivity index (χ1v) is 10.3. The predicted octanol–water partition coefficient (Wildman–Crippen LogP) is 2.91. The van der Waals surface area contributed by atoms with Gasteiger partial charge in [-0.3, -0.25) is 4.31 Å². The molecule has 0 saturated heterocycles. The molecule has 1 heterocycles. The lowest BCUT2D eigenvalue weighted by molar-refractivity contribution is 0.0497. The molecule has 0 aromatic heterocycles. The SMILES string of the molecule is COc1ccc(S(=O)(=O)N2CCc3ccccc32)cc1C(=O)OCCCC#N. The number of hydrogen-bond acceptors (Lipinski definition) is 6. The summed E-state index contributed by atoms with van der Waals surface area (Å²) in [6, 6.07) is 13.5. The number of ether oxygens (including phenoxy) is 2. The number of esters is 1. The summed E-state index contributed by atoms with van der Waals surface area (Å²) in [7, 11) is -2.44. The number of nitriles is 1. The van der Waals surface area contributed by atoms with Crippen LogP contribution in [0, 0.1) is 11.3 Å². The van der Waals surface area contributed by atoms with Crippen LogP contribution in [0.15, 0.2) is 47.4 Å². The van der Waals surface area contributed by atoms with Gasteiger partial charge in [-0.05, 0) is 42.7 Å². The number of carbonyl (C=O) groups excluding carboxylic acids is 1. The zero-order valence-electron chi connectivity index (χ0n) is 15.4. The number of methoxy groups -OCH3 is 1. The fourth-order valence-electron chi connectivity index (χ4n) is 3.09. The van der Waals surface area contributed by atoms with Gasteiger partial charge in [-0.1, -0.05) is 18.2 Å². The molecule has 0 spiro atoms. The maximum Gasteiger partial charge on any atom is 0.341 e. The number of sulfonamides is 1. The maximum atomic E-state index is 13.2. The van der Waals surface area contributed by atoms with Gasteiger partial charge in [0.2, 0.25) is 0 Å². The Morgan fingerprint density at radius 1 is 1.25 bits per heavy atom. The minimum Gasteiger partial charge on any atom is -0.496 e. The summed E-state index contributed by atoms with van der Waals surface area (Å²) in [5, 5.41) is 8.55. The molecule has 0 fully saturated rings. The lowest BCUT2D eigenvalue weighted by Crippen LogP contribution is -2.29. The highest BCUT2D eigenvalue weighted by molar-refractivity contribution is 7.92. The Hall–Kier alpha value is -3.05. The van der Waals surface area contributed by atoms with Crippen molar-refractivity contribution in [1.82, 2.24) is 0 Å². The normalized spacial score (nSPS) is 12.9. The second-order valence-electron chi connectivity index (χ2n) is 6.22. The van der Waals surface area contributed by atoms with Crippen molar-refractivity contribution in [1.29, 1.82) is 5.26 Å². The third-order valence-corrected chi connectivity index (χ3v) is 6.30. The zero-order valence-corrected chi connectivity index (χ0v) is 16.2. The zero-order chi connectivity index (χ0) is 20.1. The molecule has 0 radical (unpaired) electrons. The summed E-state index contributed by atoms with van der Waals surface area (Å²) in [6.45, 7) is 0.424. The summed E-state index contributed by atoms with van der Waals surface area (Å²) in [5.41, 5.74) is 1.66. The van der Waals surface area contributed by atoms with E-state index >= 15 is 0 Å². The minimum absolute atomic E-state index is 0.00558. The van der Waals surface area contributed by atoms with Crippen molar-refractivity contribution < 1.29 is 22.7 Å². The van der Waals surface area contributed by atoms with Gasteiger partial charge < -0.3 is 9.47 Å². The Kier molecular flexibility index (Phi) is 5.85. The van der Waals surface area contributed by atoms with Crippen LogP contribution in [-0.2, 0) is 21.2 Å². The number of carbonyl (C=O) groups is 1. The van der Waals surface area contributed by atoms with E-state index in [2.05, 4.69) is 0 Å². The molecular formula is C20H20N2O5S. The highest BCUT2D eigenvalue weighted by Gasteiger charge is 2.31. The lowest BCUT2D eigenvalue weighted by Gasteiger charge is -2.20. The molecule has 0 N–H and O–H groups in total. The average Bonchev–Trinajstić information content (AvgIpc) is 3.15. The van der Waals surface area contributed by atoms with E-state index in [0.717, 1.165) is 5.56 Å². The van der Waals surface area contributed by atoms with Gasteiger partial charge in [0, 0.05) is 13.0 Å². The van der Waals surface area contributed by atoms with Crippen LogP contribution in [0.1, 0.15) is 28.8 Å². The van der Waals surface area contributed by atoms with Crippen LogP contribution in [0.4, 0.5) is 5.69 Å². The van der Waals surface area contributed by atoms with E-state index in [1.165, 1.54) is 29.6 Å². The standard InChI is InChI=1S/C20H20N2O5S/c1-26-19-9-8-16(14-17(19)20(23)27-13-5-4-11-21)28(24,25)22-12-10-15-6-2-3-7-18(15)22/h2-3,6-9,14H,4-5,10,12-13H2,1H3. The number of nitrogens with zero attached hydrogens (tertiary/aromatic N) is 2. The van der Waals surface area contributed by atoms with Gasteiger partial charge in [0.05, 0.1) is 30.4 Å². The van der Waals surface area contributed by atoms with Crippen LogP contribution >= 0.6 is 0 Å². The van der Waals surface area contributed by atoms with E-state index in [1.807, 2.05) is 18.2 Å². The van der Waals surface area contributed by atoms with Crippen molar-refractivity contribution in [2.45, 2.75) is 24.2 Å². The Bertz CT molecular complexity index is 1030. The first-order chi connectivity index (χ1) is 13.5. The van der Waals surface area contributed by atoms with Crippen molar-refractivity contribution in [3.05, 3.63) is 53.6 Å². The highest BCUT2D eigenvalue weighted by Crippen LogP contribution is 2.34. The molecule has 0 amide bonds. The molecule has 0 aliphatic carbocycles. The number of rotatable bonds is 7. The van der Waals surface area contributed by atoms with Gasteiger partial charge in [-0.2, -0.15) is 5.26 Å². The van der Waals surface area contributed by atoms with Gasteiger partial charge >= 0.3 is 5.97 Å². The number of unbranched alkanes of at least 4 members (excludes halogenated alkanes) is 1. The maximum absolute atomic E-state index is 13.2. The monoisotopic (exact) mass is 400 g/mol. The van der Waals surface area contributed by atoms with E-state index in [1.54, 1.807) is 12.1 Å². The lowest BCUT2D eigenvalue weighted by atomic mass is 10.2. The van der Waals surface area contributed by atoms with Crippen LogP contribution < -0.4 is 9.04 Å². The van der Waals surface area contributed by atoms with Crippen molar-refractivity contribution in [2.75, 3.05) is 24.6 Å². The van der Waals surface area contributed by atoms with Gasteiger partial charge in [0.15, 0.2) is 0 Å². The van der Waals surface area contributed by atoms with E-state index < -0.39 is 16.0 Å². The Morgan fingerprint density at radius 2 is 2.04 bits per heavy atom. The summed E-state index contributed by atoms with van der Waals surface area (Å²) < 4.78 is 38.0. The van der Waals surface area contributed by atoms with Crippen LogP contribution in [0.25, 0.3) is 0 Å². The van der Waals surface area contributed by atoms with E-state index in [-0.39, 0.29) is 29.2 Å². The van der Waals surface area contributed by atoms with Gasteiger partial charge in [-0.25, -0.2) is 13.2 Å². The molecule has 0 unspecified atom stereocenters. The second kappa shape index (κ2) is 8.31. The molecule has 146 valence electrons. The van der Waals surface area contributed by atoms with E-state index in [9.17, 15) is 13.2 Å². The summed E-state index contributed by atoms with van der Waals surface area (Å²) in [6.07, 6.45) is 1.32. The highest BCUT2D eigenvalue weighted by atomic mass is 32.2. The fraction of sp³-hybridized carbons (Fsp3) is 0.300. The Labute approximate surface area is 164 Å². The van der Waals surface area contributed by atoms with Crippen LogP contribution in [-0.4, -0.2) is 34.6 Å². The predicted molar refractivity (Wildman–Crippen MR) is 103 cm³/mol. The first-order valence-electron chi connectivity index (χ1n) is 8.82. The van der Waals surface area contributed by atoms with Crippen LogP contribution in [0.2, 0.25) is 0 Å². The van der Waals surface area contributed by atoms with E-state index in [4.69, 9.17) is 14.7 Å². The molecule has 0 saturated carbocycles. The molecule has 1 aliphatic rings. The van der Waals surface area contributed by atoms with Gasteiger partial charge in [0.1, 0.15) is 11.3 Å². The van der Waals surface area contributed by atoms with Gasteiger partial charge in [-0.15, -0.1) is 0 Å². The number of fused-ring (bicyclic) bond motifs is 1. The molecule has 7 nitrogen and oxygen atoms in total. The molecule has 3 rings (SSSR count). The molecule has 0 bridgehead atoms. The number of benzene rings is 2. The molecule has 8 heteroatoms. The van der Waals surface area contributed by atoms with Crippen LogP contribution in [0.5, 0.6) is 5.75 Å². The topological polar surface area (TPSA) is 96.7 Å². The van der Waals surface area contributed by atoms with Crippen LogP contribution in [0.3, 0.4) is 0 Å². The number of para-hydroxylation sites is 1. The van der Waals surface area contributed by atoms with E-state index in [0.29, 0.717) is 25.1 Å². The summed E-state index contributed by atoms with van der Waals surface area (Å²) in [4.78, 5) is 12.4.